The molecule has 0 saturated carbocycles. The minimum Gasteiger partial charge on any atom is -0.486 e. The molecule has 0 saturated heterocycles. The first-order chi connectivity index (χ1) is 10.6. The number of fused-ring (bicyclic) bond motifs is 1. The van der Waals surface area contributed by atoms with Crippen LogP contribution >= 0.6 is 23.8 Å². The minimum atomic E-state index is 0.461. The van der Waals surface area contributed by atoms with Crippen molar-refractivity contribution in [2.24, 2.45) is 0 Å². The first-order valence-electron chi connectivity index (χ1n) is 6.85. The van der Waals surface area contributed by atoms with Crippen LogP contribution in [0.1, 0.15) is 5.56 Å². The average molecular weight is 335 g/mol. The Kier molecular flexibility index (Phi) is 4.36. The summed E-state index contributed by atoms with van der Waals surface area (Å²) in [5.41, 5.74) is 2.69. The molecule has 1 heterocycles. The van der Waals surface area contributed by atoms with E-state index in [0.717, 1.165) is 22.7 Å². The SMILES string of the molecule is Cc1ccc(NC(=S)Nc2ccc3c(c2)OCCO3)c(Cl)c1. The number of ether oxygens (including phenoxy) is 2. The lowest BCUT2D eigenvalue weighted by molar-refractivity contribution is 0.171. The molecule has 0 radical (unpaired) electrons. The summed E-state index contributed by atoms with van der Waals surface area (Å²) in [5, 5.41) is 7.28. The van der Waals surface area contributed by atoms with E-state index in [2.05, 4.69) is 10.6 Å². The molecule has 0 atom stereocenters. The van der Waals surface area contributed by atoms with Crippen LogP contribution in [0.25, 0.3) is 0 Å². The Labute approximate surface area is 139 Å². The highest BCUT2D eigenvalue weighted by Crippen LogP contribution is 2.32. The van der Waals surface area contributed by atoms with E-state index in [0.29, 0.717) is 29.1 Å². The molecule has 0 fully saturated rings. The first kappa shape index (κ1) is 14.9. The van der Waals surface area contributed by atoms with E-state index in [-0.39, 0.29) is 0 Å². The summed E-state index contributed by atoms with van der Waals surface area (Å²) < 4.78 is 11.0. The zero-order valence-electron chi connectivity index (χ0n) is 12.0. The number of rotatable bonds is 2. The smallest absolute Gasteiger partial charge is 0.175 e. The monoisotopic (exact) mass is 334 g/mol. The van der Waals surface area contributed by atoms with E-state index >= 15 is 0 Å². The molecule has 3 rings (SSSR count). The molecule has 0 aromatic heterocycles. The van der Waals surface area contributed by atoms with Gasteiger partial charge >= 0.3 is 0 Å². The summed E-state index contributed by atoms with van der Waals surface area (Å²) in [6, 6.07) is 11.4. The molecule has 6 heteroatoms. The number of hydrogen-bond acceptors (Lipinski definition) is 3. The van der Waals surface area contributed by atoms with Gasteiger partial charge in [-0.2, -0.15) is 0 Å². The maximum Gasteiger partial charge on any atom is 0.175 e. The van der Waals surface area contributed by atoms with E-state index < -0.39 is 0 Å². The Hall–Kier alpha value is -1.98. The number of aryl methyl sites for hydroxylation is 1. The van der Waals surface area contributed by atoms with Gasteiger partial charge in [-0.05, 0) is 49.0 Å². The standard InChI is InChI=1S/C16H15ClN2O2S/c1-10-2-4-13(12(17)8-10)19-16(22)18-11-3-5-14-15(9-11)21-7-6-20-14/h2-5,8-9H,6-7H2,1H3,(H2,18,19,22). The van der Waals surface area contributed by atoms with Crippen molar-refractivity contribution in [1.29, 1.82) is 0 Å². The summed E-state index contributed by atoms with van der Waals surface area (Å²) in [5.74, 6) is 1.46. The van der Waals surface area contributed by atoms with Gasteiger partial charge in [0.25, 0.3) is 0 Å². The fourth-order valence-electron chi connectivity index (χ4n) is 2.13. The third-order valence-electron chi connectivity index (χ3n) is 3.17. The molecule has 0 aliphatic carbocycles. The lowest BCUT2D eigenvalue weighted by Crippen LogP contribution is -2.20. The van der Waals surface area contributed by atoms with E-state index in [9.17, 15) is 0 Å². The fraction of sp³-hybridized carbons (Fsp3) is 0.188. The molecular formula is C16H15ClN2O2S. The maximum atomic E-state index is 6.18. The van der Waals surface area contributed by atoms with Gasteiger partial charge in [-0.25, -0.2) is 0 Å². The quantitative estimate of drug-likeness (QED) is 0.805. The van der Waals surface area contributed by atoms with Crippen molar-refractivity contribution in [2.45, 2.75) is 6.92 Å². The lowest BCUT2D eigenvalue weighted by Gasteiger charge is -2.19. The van der Waals surface area contributed by atoms with Crippen LogP contribution in [0.3, 0.4) is 0 Å². The van der Waals surface area contributed by atoms with Crippen LogP contribution in [0, 0.1) is 6.92 Å². The van der Waals surface area contributed by atoms with Crippen molar-refractivity contribution >= 4 is 40.3 Å². The predicted octanol–water partition coefficient (Wildman–Crippen LogP) is 4.23. The molecule has 2 aromatic rings. The normalized spacial score (nSPS) is 12.6. The molecule has 0 spiro atoms. The summed E-state index contributed by atoms with van der Waals surface area (Å²) in [4.78, 5) is 0. The molecule has 2 aromatic carbocycles. The molecule has 114 valence electrons. The second kappa shape index (κ2) is 6.42. The molecule has 1 aliphatic heterocycles. The number of nitrogens with one attached hydrogen (secondary N) is 2. The first-order valence-corrected chi connectivity index (χ1v) is 7.64. The second-order valence-electron chi connectivity index (χ2n) is 4.92. The Balaban J connectivity index is 1.69. The number of benzene rings is 2. The van der Waals surface area contributed by atoms with Crippen LogP contribution in [0.4, 0.5) is 11.4 Å². The second-order valence-corrected chi connectivity index (χ2v) is 5.74. The van der Waals surface area contributed by atoms with Crippen molar-refractivity contribution < 1.29 is 9.47 Å². The number of anilines is 2. The van der Waals surface area contributed by atoms with Gasteiger partial charge < -0.3 is 20.1 Å². The number of hydrogen-bond donors (Lipinski definition) is 2. The third-order valence-corrected chi connectivity index (χ3v) is 3.69. The van der Waals surface area contributed by atoms with Crippen LogP contribution < -0.4 is 20.1 Å². The van der Waals surface area contributed by atoms with Crippen molar-refractivity contribution in [3.05, 3.63) is 47.0 Å². The highest BCUT2D eigenvalue weighted by molar-refractivity contribution is 7.80. The van der Waals surface area contributed by atoms with Gasteiger partial charge in [0.05, 0.1) is 10.7 Å². The van der Waals surface area contributed by atoms with Crippen molar-refractivity contribution in [3.63, 3.8) is 0 Å². The van der Waals surface area contributed by atoms with Crippen LogP contribution in [0.2, 0.25) is 5.02 Å². The van der Waals surface area contributed by atoms with Crippen LogP contribution in [0.15, 0.2) is 36.4 Å². The Morgan fingerprint density at radius 1 is 1.05 bits per heavy atom. The van der Waals surface area contributed by atoms with Crippen molar-refractivity contribution in [2.75, 3.05) is 23.8 Å². The summed E-state index contributed by atoms with van der Waals surface area (Å²) in [7, 11) is 0. The molecule has 1 aliphatic rings. The largest absolute Gasteiger partial charge is 0.486 e. The Morgan fingerprint density at radius 2 is 1.82 bits per heavy atom. The number of halogens is 1. The predicted molar refractivity (Wildman–Crippen MR) is 93.5 cm³/mol. The molecule has 22 heavy (non-hydrogen) atoms. The van der Waals surface area contributed by atoms with Gasteiger partial charge in [0, 0.05) is 11.8 Å². The molecule has 0 unspecified atom stereocenters. The van der Waals surface area contributed by atoms with Crippen LogP contribution in [-0.4, -0.2) is 18.3 Å². The van der Waals surface area contributed by atoms with Gasteiger partial charge in [-0.1, -0.05) is 17.7 Å². The van der Waals surface area contributed by atoms with Gasteiger partial charge in [0.15, 0.2) is 16.6 Å². The van der Waals surface area contributed by atoms with Gasteiger partial charge in [-0.15, -0.1) is 0 Å². The van der Waals surface area contributed by atoms with Crippen LogP contribution in [-0.2, 0) is 0 Å². The van der Waals surface area contributed by atoms with Crippen molar-refractivity contribution in [1.82, 2.24) is 0 Å². The number of thiocarbonyl (C=S) groups is 1. The summed E-state index contributed by atoms with van der Waals surface area (Å²) in [6.45, 7) is 3.12. The van der Waals surface area contributed by atoms with Gasteiger partial charge in [-0.3, -0.25) is 0 Å². The molecular weight excluding hydrogens is 320 g/mol. The molecule has 2 N–H and O–H groups in total. The van der Waals surface area contributed by atoms with E-state index in [1.807, 2.05) is 43.3 Å². The average Bonchev–Trinajstić information content (AvgIpc) is 2.50. The molecule has 0 amide bonds. The molecule has 4 nitrogen and oxygen atoms in total. The zero-order chi connectivity index (χ0) is 15.5. The Morgan fingerprint density at radius 3 is 2.59 bits per heavy atom. The summed E-state index contributed by atoms with van der Waals surface area (Å²) >= 11 is 11.5. The van der Waals surface area contributed by atoms with Crippen LogP contribution in [0.5, 0.6) is 11.5 Å². The Bertz CT molecular complexity index is 721. The third kappa shape index (κ3) is 3.43. The minimum absolute atomic E-state index is 0.461. The van der Waals surface area contributed by atoms with Crippen molar-refractivity contribution in [3.8, 4) is 11.5 Å². The summed E-state index contributed by atoms with van der Waals surface area (Å²) in [6.07, 6.45) is 0. The van der Waals surface area contributed by atoms with E-state index in [1.54, 1.807) is 0 Å². The topological polar surface area (TPSA) is 42.5 Å². The highest BCUT2D eigenvalue weighted by Gasteiger charge is 2.12. The fourth-order valence-corrected chi connectivity index (χ4v) is 2.64. The zero-order valence-corrected chi connectivity index (χ0v) is 13.6. The lowest BCUT2D eigenvalue weighted by atomic mass is 10.2. The van der Waals surface area contributed by atoms with Gasteiger partial charge in [0.1, 0.15) is 13.2 Å². The van der Waals surface area contributed by atoms with E-state index in [4.69, 9.17) is 33.3 Å². The highest BCUT2D eigenvalue weighted by atomic mass is 35.5. The molecule has 0 bridgehead atoms. The van der Waals surface area contributed by atoms with Gasteiger partial charge in [0.2, 0.25) is 0 Å². The van der Waals surface area contributed by atoms with E-state index in [1.165, 1.54) is 0 Å². The maximum absolute atomic E-state index is 6.18.